The molecule has 1 fully saturated rings. The molecule has 3 aromatic carbocycles. The summed E-state index contributed by atoms with van der Waals surface area (Å²) in [4.78, 5) is 4.97. The number of oxazole rings is 1. The lowest BCUT2D eigenvalue weighted by atomic mass is 10.0. The zero-order valence-electron chi connectivity index (χ0n) is 17.0. The number of halogens is 1. The van der Waals surface area contributed by atoms with E-state index in [0.717, 1.165) is 27.5 Å². The molecule has 158 valence electrons. The molecule has 2 heterocycles. The van der Waals surface area contributed by atoms with Crippen LogP contribution in [0.3, 0.4) is 0 Å². The number of aryl methyl sites for hydroxylation is 1. The third-order valence-electron chi connectivity index (χ3n) is 5.66. The van der Waals surface area contributed by atoms with Crippen LogP contribution in [0.4, 0.5) is 0 Å². The third-order valence-corrected chi connectivity index (χ3v) is 8.12. The molecule has 0 radical (unpaired) electrons. The van der Waals surface area contributed by atoms with Gasteiger partial charge in [0.05, 0.1) is 4.90 Å². The van der Waals surface area contributed by atoms with Gasteiger partial charge in [0.15, 0.2) is 5.58 Å². The maximum atomic E-state index is 13.3. The molecular weight excluding hydrogens is 476 g/mol. The van der Waals surface area contributed by atoms with Crippen molar-refractivity contribution in [3.8, 4) is 11.1 Å². The molecule has 1 aromatic heterocycles. The number of sulfonamides is 1. The van der Waals surface area contributed by atoms with Crippen molar-refractivity contribution >= 4 is 37.1 Å². The second-order valence-electron chi connectivity index (χ2n) is 7.83. The summed E-state index contributed by atoms with van der Waals surface area (Å²) in [5, 5.41) is 0. The van der Waals surface area contributed by atoms with Gasteiger partial charge in [-0.25, -0.2) is 13.4 Å². The Balaban J connectivity index is 1.50. The second-order valence-corrected chi connectivity index (χ2v) is 10.6. The molecule has 0 bridgehead atoms. The van der Waals surface area contributed by atoms with Crippen LogP contribution in [0.15, 0.2) is 80.5 Å². The fourth-order valence-electron chi connectivity index (χ4n) is 4.11. The van der Waals surface area contributed by atoms with E-state index in [0.29, 0.717) is 24.4 Å². The van der Waals surface area contributed by atoms with Gasteiger partial charge in [-0.3, -0.25) is 0 Å². The van der Waals surface area contributed by atoms with Crippen LogP contribution in [-0.2, 0) is 10.0 Å². The average molecular weight is 497 g/mol. The number of rotatable bonds is 4. The summed E-state index contributed by atoms with van der Waals surface area (Å²) in [6, 6.07) is 20.5. The quantitative estimate of drug-likeness (QED) is 0.342. The van der Waals surface area contributed by atoms with Crippen molar-refractivity contribution in [2.24, 2.45) is 0 Å². The molecule has 5 rings (SSSR count). The van der Waals surface area contributed by atoms with Crippen LogP contribution >= 0.6 is 15.9 Å². The largest absolute Gasteiger partial charge is 0.439 e. The van der Waals surface area contributed by atoms with Crippen LogP contribution in [0.5, 0.6) is 0 Å². The Morgan fingerprint density at radius 2 is 1.81 bits per heavy atom. The summed E-state index contributed by atoms with van der Waals surface area (Å²) in [7, 11) is -3.63. The van der Waals surface area contributed by atoms with E-state index in [1.807, 2.05) is 24.3 Å². The second kappa shape index (κ2) is 7.89. The highest BCUT2D eigenvalue weighted by atomic mass is 79.9. The number of hydrogen-bond acceptors (Lipinski definition) is 4. The highest BCUT2D eigenvalue weighted by molar-refractivity contribution is 9.10. The molecular formula is C24H21BrN2O3S. The van der Waals surface area contributed by atoms with Gasteiger partial charge < -0.3 is 4.42 Å². The molecule has 31 heavy (non-hydrogen) atoms. The molecule has 5 nitrogen and oxygen atoms in total. The summed E-state index contributed by atoms with van der Waals surface area (Å²) >= 11 is 3.36. The molecule has 0 amide bonds. The predicted octanol–water partition coefficient (Wildman–Crippen LogP) is 6.09. The first kappa shape index (κ1) is 20.4. The Morgan fingerprint density at radius 1 is 1.03 bits per heavy atom. The Hall–Kier alpha value is -2.48. The molecule has 1 aliphatic rings. The van der Waals surface area contributed by atoms with Crippen LogP contribution in [0, 0.1) is 6.92 Å². The third kappa shape index (κ3) is 3.82. The summed E-state index contributed by atoms with van der Waals surface area (Å²) in [6.45, 7) is 2.52. The van der Waals surface area contributed by atoms with Gasteiger partial charge in [-0.1, -0.05) is 51.8 Å². The molecule has 0 saturated carbocycles. The summed E-state index contributed by atoms with van der Waals surface area (Å²) in [5.41, 5.74) is 4.77. The van der Waals surface area contributed by atoms with Crippen LogP contribution in [0.25, 0.3) is 22.2 Å². The van der Waals surface area contributed by atoms with Crippen LogP contribution in [0.2, 0.25) is 0 Å². The van der Waals surface area contributed by atoms with Crippen molar-refractivity contribution in [2.45, 2.75) is 30.7 Å². The highest BCUT2D eigenvalue weighted by Gasteiger charge is 2.39. The summed E-state index contributed by atoms with van der Waals surface area (Å²) in [6.07, 6.45) is 1.46. The Labute approximate surface area is 189 Å². The van der Waals surface area contributed by atoms with E-state index in [-0.39, 0.29) is 4.90 Å². The first-order valence-electron chi connectivity index (χ1n) is 10.2. The van der Waals surface area contributed by atoms with Gasteiger partial charge in [0.1, 0.15) is 11.6 Å². The van der Waals surface area contributed by atoms with E-state index in [4.69, 9.17) is 9.40 Å². The van der Waals surface area contributed by atoms with Gasteiger partial charge in [0, 0.05) is 11.0 Å². The van der Waals surface area contributed by atoms with Crippen LogP contribution in [0.1, 0.15) is 30.3 Å². The lowest BCUT2D eigenvalue weighted by Crippen LogP contribution is -2.30. The Morgan fingerprint density at radius 3 is 2.58 bits per heavy atom. The SMILES string of the molecule is Cc1cccc(-c2ccc3oc(C4CCCN4S(=O)(=O)c4ccc(Br)cc4)nc3c2)c1. The van der Waals surface area contributed by atoms with Crippen molar-refractivity contribution in [1.82, 2.24) is 9.29 Å². The van der Waals surface area contributed by atoms with Gasteiger partial charge in [-0.05, 0) is 67.3 Å². The topological polar surface area (TPSA) is 63.4 Å². The zero-order valence-corrected chi connectivity index (χ0v) is 19.4. The molecule has 1 atom stereocenters. The lowest BCUT2D eigenvalue weighted by molar-refractivity contribution is 0.337. The average Bonchev–Trinajstić information content (AvgIpc) is 3.41. The van der Waals surface area contributed by atoms with Gasteiger partial charge in [0.2, 0.25) is 15.9 Å². The van der Waals surface area contributed by atoms with Crippen molar-refractivity contribution in [2.75, 3.05) is 6.54 Å². The molecule has 1 unspecified atom stereocenters. The maximum absolute atomic E-state index is 13.3. The maximum Gasteiger partial charge on any atom is 0.243 e. The van der Waals surface area contributed by atoms with E-state index in [1.165, 1.54) is 9.87 Å². The van der Waals surface area contributed by atoms with E-state index in [2.05, 4.69) is 41.1 Å². The minimum Gasteiger partial charge on any atom is -0.439 e. The predicted molar refractivity (Wildman–Crippen MR) is 124 cm³/mol. The molecule has 0 N–H and O–H groups in total. The number of nitrogens with zero attached hydrogens (tertiary/aromatic N) is 2. The minimum atomic E-state index is -3.63. The summed E-state index contributed by atoms with van der Waals surface area (Å²) < 4.78 is 34.9. The van der Waals surface area contributed by atoms with E-state index in [9.17, 15) is 8.42 Å². The van der Waals surface area contributed by atoms with Gasteiger partial charge in [-0.2, -0.15) is 4.31 Å². The highest BCUT2D eigenvalue weighted by Crippen LogP contribution is 2.38. The molecule has 1 saturated heterocycles. The normalized spacial score (nSPS) is 17.4. The zero-order chi connectivity index (χ0) is 21.6. The van der Waals surface area contributed by atoms with E-state index < -0.39 is 16.1 Å². The van der Waals surface area contributed by atoms with Gasteiger partial charge >= 0.3 is 0 Å². The first-order chi connectivity index (χ1) is 14.9. The van der Waals surface area contributed by atoms with Crippen molar-refractivity contribution in [3.63, 3.8) is 0 Å². The van der Waals surface area contributed by atoms with Gasteiger partial charge in [-0.15, -0.1) is 0 Å². The monoisotopic (exact) mass is 496 g/mol. The lowest BCUT2D eigenvalue weighted by Gasteiger charge is -2.21. The smallest absolute Gasteiger partial charge is 0.243 e. The van der Waals surface area contributed by atoms with Crippen molar-refractivity contribution in [3.05, 3.63) is 82.7 Å². The number of fused-ring (bicyclic) bond motifs is 1. The standard InChI is InChI=1S/C24H21BrN2O3S/c1-16-4-2-5-17(14-16)18-7-12-23-21(15-18)26-24(30-23)22-6-3-13-27(22)31(28,29)20-10-8-19(25)9-11-20/h2,4-5,7-12,14-15,22H,3,6,13H2,1H3. The van der Waals surface area contributed by atoms with E-state index in [1.54, 1.807) is 24.3 Å². The Bertz CT molecular complexity index is 1360. The molecule has 1 aliphatic heterocycles. The molecule has 0 aliphatic carbocycles. The fraction of sp³-hybridized carbons (Fsp3) is 0.208. The molecule has 0 spiro atoms. The van der Waals surface area contributed by atoms with Gasteiger partial charge in [0.25, 0.3) is 0 Å². The molecule has 7 heteroatoms. The first-order valence-corrected chi connectivity index (χ1v) is 12.4. The molecule has 4 aromatic rings. The fourth-order valence-corrected chi connectivity index (χ4v) is 6.02. The number of hydrogen-bond donors (Lipinski definition) is 0. The summed E-state index contributed by atoms with van der Waals surface area (Å²) in [5.74, 6) is 0.453. The van der Waals surface area contributed by atoms with Crippen LogP contribution in [-0.4, -0.2) is 24.3 Å². The van der Waals surface area contributed by atoms with Crippen LogP contribution < -0.4 is 0 Å². The number of benzene rings is 3. The Kier molecular flexibility index (Phi) is 5.20. The minimum absolute atomic E-state index is 0.278. The van der Waals surface area contributed by atoms with Crippen molar-refractivity contribution < 1.29 is 12.8 Å². The van der Waals surface area contributed by atoms with E-state index >= 15 is 0 Å². The van der Waals surface area contributed by atoms with Crippen molar-refractivity contribution in [1.29, 1.82) is 0 Å². The number of aromatic nitrogens is 1.